The Labute approximate surface area is 158 Å². The third-order valence-corrected chi connectivity index (χ3v) is 3.86. The molecule has 0 unspecified atom stereocenters. The van der Waals surface area contributed by atoms with E-state index in [9.17, 15) is 9.59 Å². The first-order valence-corrected chi connectivity index (χ1v) is 8.28. The van der Waals surface area contributed by atoms with Crippen molar-refractivity contribution >= 4 is 17.6 Å². The first-order valence-electron chi connectivity index (χ1n) is 8.28. The van der Waals surface area contributed by atoms with Gasteiger partial charge in [0.15, 0.2) is 17.6 Å². The maximum Gasteiger partial charge on any atom is 0.340 e. The minimum Gasteiger partial charge on any atom is -0.493 e. The molecule has 7 nitrogen and oxygen atoms in total. The first kappa shape index (κ1) is 20.1. The fraction of sp³-hybridized carbons (Fsp3) is 0.300. The summed E-state index contributed by atoms with van der Waals surface area (Å²) in [5.41, 5.74) is 1.41. The lowest BCUT2D eigenvalue weighted by atomic mass is 10.1. The van der Waals surface area contributed by atoms with Crippen LogP contribution in [-0.2, 0) is 9.53 Å². The minimum absolute atomic E-state index is 0.145. The average molecular weight is 373 g/mol. The molecule has 7 heteroatoms. The molecular formula is C20H23NO6. The van der Waals surface area contributed by atoms with E-state index in [1.54, 1.807) is 13.0 Å². The molecule has 0 spiro atoms. The van der Waals surface area contributed by atoms with Crippen LogP contribution in [0.4, 0.5) is 5.69 Å². The number of carbonyl (C=O) groups is 2. The highest BCUT2D eigenvalue weighted by Crippen LogP contribution is 2.34. The summed E-state index contributed by atoms with van der Waals surface area (Å²) in [6.45, 7) is 3.56. The highest BCUT2D eigenvalue weighted by Gasteiger charge is 2.22. The molecule has 1 N–H and O–H groups in total. The van der Waals surface area contributed by atoms with Crippen molar-refractivity contribution in [3.05, 3.63) is 47.5 Å². The van der Waals surface area contributed by atoms with Gasteiger partial charge in [-0.1, -0.05) is 12.1 Å². The van der Waals surface area contributed by atoms with E-state index < -0.39 is 18.0 Å². The maximum absolute atomic E-state index is 12.6. The zero-order chi connectivity index (χ0) is 20.0. The summed E-state index contributed by atoms with van der Waals surface area (Å²) in [6.07, 6.45) is -0.787. The number of ether oxygens (including phenoxy) is 4. The molecule has 2 aromatic rings. The Morgan fingerprint density at radius 3 is 2.26 bits per heavy atom. The van der Waals surface area contributed by atoms with Crippen LogP contribution in [0, 0.1) is 6.92 Å². The molecule has 1 atom stereocenters. The zero-order valence-corrected chi connectivity index (χ0v) is 16.0. The highest BCUT2D eigenvalue weighted by molar-refractivity contribution is 6.03. The second-order valence-corrected chi connectivity index (χ2v) is 5.81. The SMILES string of the molecule is COC(=O)c1cc(OC)c(OC)cc1NC(=O)[C@@H](C)Oc1cccc(C)c1. The summed E-state index contributed by atoms with van der Waals surface area (Å²) in [7, 11) is 4.17. The first-order chi connectivity index (χ1) is 12.9. The molecule has 0 saturated carbocycles. The topological polar surface area (TPSA) is 83.1 Å². The van der Waals surface area contributed by atoms with E-state index in [0.29, 0.717) is 17.2 Å². The standard InChI is InChI=1S/C20H23NO6/c1-12-7-6-8-14(9-12)27-13(2)19(22)21-16-11-18(25-4)17(24-3)10-15(16)20(23)26-5/h6-11,13H,1-5H3,(H,21,22)/t13-/m1/s1. The Hall–Kier alpha value is -3.22. The zero-order valence-electron chi connectivity index (χ0n) is 16.0. The molecule has 0 aromatic heterocycles. The number of rotatable bonds is 7. The highest BCUT2D eigenvalue weighted by atomic mass is 16.5. The number of carbonyl (C=O) groups excluding carboxylic acids is 2. The van der Waals surface area contributed by atoms with E-state index in [-0.39, 0.29) is 11.3 Å². The molecule has 0 saturated heterocycles. The molecular weight excluding hydrogens is 350 g/mol. The van der Waals surface area contributed by atoms with Gasteiger partial charge in [-0.3, -0.25) is 4.79 Å². The fourth-order valence-electron chi connectivity index (χ4n) is 2.44. The van der Waals surface area contributed by atoms with Gasteiger partial charge in [0, 0.05) is 12.1 Å². The van der Waals surface area contributed by atoms with Crippen LogP contribution in [0.2, 0.25) is 0 Å². The van der Waals surface area contributed by atoms with Crippen molar-refractivity contribution in [3.63, 3.8) is 0 Å². The monoisotopic (exact) mass is 373 g/mol. The van der Waals surface area contributed by atoms with Crippen LogP contribution in [0.5, 0.6) is 17.2 Å². The number of nitrogens with one attached hydrogen (secondary N) is 1. The molecule has 2 aromatic carbocycles. The lowest BCUT2D eigenvalue weighted by Crippen LogP contribution is -2.30. The summed E-state index contributed by atoms with van der Waals surface area (Å²) >= 11 is 0. The third-order valence-electron chi connectivity index (χ3n) is 3.86. The summed E-state index contributed by atoms with van der Waals surface area (Å²) in [6, 6.07) is 10.3. The number of aryl methyl sites for hydroxylation is 1. The number of hydrogen-bond donors (Lipinski definition) is 1. The normalized spacial score (nSPS) is 11.3. The van der Waals surface area contributed by atoms with E-state index in [2.05, 4.69) is 5.32 Å². The van der Waals surface area contributed by atoms with Crippen molar-refractivity contribution in [3.8, 4) is 17.2 Å². The molecule has 0 bridgehead atoms. The molecule has 144 valence electrons. The van der Waals surface area contributed by atoms with Crippen LogP contribution in [0.3, 0.4) is 0 Å². The quantitative estimate of drug-likeness (QED) is 0.751. The summed E-state index contributed by atoms with van der Waals surface area (Å²) < 4.78 is 20.9. The van der Waals surface area contributed by atoms with Crippen LogP contribution >= 0.6 is 0 Å². The fourth-order valence-corrected chi connectivity index (χ4v) is 2.44. The van der Waals surface area contributed by atoms with Gasteiger partial charge < -0.3 is 24.3 Å². The Balaban J connectivity index is 2.25. The van der Waals surface area contributed by atoms with Crippen molar-refractivity contribution in [1.82, 2.24) is 0 Å². The number of hydrogen-bond acceptors (Lipinski definition) is 6. The largest absolute Gasteiger partial charge is 0.493 e. The number of esters is 1. The van der Waals surface area contributed by atoms with E-state index in [0.717, 1.165) is 5.56 Å². The van der Waals surface area contributed by atoms with Crippen LogP contribution in [0.1, 0.15) is 22.8 Å². The second-order valence-electron chi connectivity index (χ2n) is 5.81. The number of anilines is 1. The summed E-state index contributed by atoms with van der Waals surface area (Å²) in [5, 5.41) is 2.69. The average Bonchev–Trinajstić information content (AvgIpc) is 2.66. The van der Waals surface area contributed by atoms with E-state index in [1.165, 1.54) is 33.5 Å². The van der Waals surface area contributed by atoms with Crippen LogP contribution < -0.4 is 19.5 Å². The van der Waals surface area contributed by atoms with E-state index in [1.807, 2.05) is 25.1 Å². The van der Waals surface area contributed by atoms with E-state index in [4.69, 9.17) is 18.9 Å². The van der Waals surface area contributed by atoms with Gasteiger partial charge >= 0.3 is 5.97 Å². The van der Waals surface area contributed by atoms with Gasteiger partial charge in [0.05, 0.1) is 32.6 Å². The third kappa shape index (κ3) is 4.91. The maximum atomic E-state index is 12.6. The summed E-state index contributed by atoms with van der Waals surface area (Å²) in [5.74, 6) is 0.262. The second kappa shape index (κ2) is 8.93. The van der Waals surface area contributed by atoms with Gasteiger partial charge in [0.25, 0.3) is 5.91 Å². The van der Waals surface area contributed by atoms with Crippen molar-refractivity contribution in [2.45, 2.75) is 20.0 Å². The molecule has 0 aliphatic rings. The van der Waals surface area contributed by atoms with Gasteiger partial charge in [-0.05, 0) is 31.5 Å². The van der Waals surface area contributed by atoms with Crippen LogP contribution in [0.15, 0.2) is 36.4 Å². The predicted octanol–water partition coefficient (Wildman–Crippen LogP) is 3.20. The predicted molar refractivity (Wildman–Crippen MR) is 101 cm³/mol. The van der Waals surface area contributed by atoms with Gasteiger partial charge in [-0.15, -0.1) is 0 Å². The van der Waals surface area contributed by atoms with E-state index >= 15 is 0 Å². The molecule has 27 heavy (non-hydrogen) atoms. The Morgan fingerprint density at radius 2 is 1.67 bits per heavy atom. The van der Waals surface area contributed by atoms with Crippen LogP contribution in [-0.4, -0.2) is 39.3 Å². The number of benzene rings is 2. The molecule has 0 radical (unpaired) electrons. The van der Waals surface area contributed by atoms with Crippen molar-refractivity contribution < 1.29 is 28.5 Å². The smallest absolute Gasteiger partial charge is 0.340 e. The lowest BCUT2D eigenvalue weighted by molar-refractivity contribution is -0.122. The van der Waals surface area contributed by atoms with Gasteiger partial charge in [-0.25, -0.2) is 4.79 Å². The van der Waals surface area contributed by atoms with Crippen LogP contribution in [0.25, 0.3) is 0 Å². The molecule has 2 rings (SSSR count). The Bertz CT molecular complexity index is 833. The van der Waals surface area contributed by atoms with Crippen molar-refractivity contribution in [2.24, 2.45) is 0 Å². The van der Waals surface area contributed by atoms with Crippen molar-refractivity contribution in [2.75, 3.05) is 26.6 Å². The molecule has 0 heterocycles. The molecule has 1 amide bonds. The lowest BCUT2D eigenvalue weighted by Gasteiger charge is -2.18. The Kier molecular flexibility index (Phi) is 6.65. The Morgan fingerprint density at radius 1 is 1.00 bits per heavy atom. The minimum atomic E-state index is -0.787. The van der Waals surface area contributed by atoms with Crippen molar-refractivity contribution in [1.29, 1.82) is 0 Å². The number of amides is 1. The summed E-state index contributed by atoms with van der Waals surface area (Å²) in [4.78, 5) is 24.6. The number of methoxy groups -OCH3 is 3. The van der Waals surface area contributed by atoms with Gasteiger partial charge in [0.2, 0.25) is 0 Å². The molecule has 0 aliphatic carbocycles. The van der Waals surface area contributed by atoms with Gasteiger partial charge in [-0.2, -0.15) is 0 Å². The molecule has 0 fully saturated rings. The van der Waals surface area contributed by atoms with Gasteiger partial charge in [0.1, 0.15) is 5.75 Å². The molecule has 0 aliphatic heterocycles.